The van der Waals surface area contributed by atoms with Crippen LogP contribution in [0.2, 0.25) is 0 Å². The Morgan fingerprint density at radius 1 is 1.10 bits per heavy atom. The van der Waals surface area contributed by atoms with Gasteiger partial charge in [0.15, 0.2) is 0 Å². The standard InChI is InChI=1S/C22H21N3O3S/c23-20(26)15-8-10-25(11-9-15)22(28)16-6-7-18-17(13-16)24-21(27)19(29-18)12-14-4-2-1-3-5-14/h1-7,12-13,15H,8-11H2,(H2,23,26)(H,24,27). The van der Waals surface area contributed by atoms with Crippen LogP contribution in [-0.2, 0) is 9.59 Å². The van der Waals surface area contributed by atoms with Crippen LogP contribution in [0.15, 0.2) is 58.3 Å². The molecule has 0 aromatic heterocycles. The summed E-state index contributed by atoms with van der Waals surface area (Å²) in [5.74, 6) is -0.739. The number of amides is 3. The van der Waals surface area contributed by atoms with Crippen molar-refractivity contribution in [2.75, 3.05) is 18.4 Å². The van der Waals surface area contributed by atoms with Gasteiger partial charge in [-0.05, 0) is 42.7 Å². The zero-order chi connectivity index (χ0) is 20.4. The Kier molecular flexibility index (Phi) is 5.40. The Bertz CT molecular complexity index is 996. The SMILES string of the molecule is NC(=O)C1CCN(C(=O)c2ccc3c(c2)NC(=O)C(=Cc2ccccc2)S3)CC1. The molecule has 2 aliphatic rings. The molecule has 0 spiro atoms. The lowest BCUT2D eigenvalue weighted by atomic mass is 9.96. The van der Waals surface area contributed by atoms with Crippen molar-refractivity contribution in [1.29, 1.82) is 0 Å². The highest BCUT2D eigenvalue weighted by molar-refractivity contribution is 8.04. The normalized spacial score (nSPS) is 18.3. The molecule has 1 saturated heterocycles. The number of hydrogen-bond acceptors (Lipinski definition) is 4. The number of primary amides is 1. The zero-order valence-corrected chi connectivity index (χ0v) is 16.6. The number of nitrogens with one attached hydrogen (secondary N) is 1. The van der Waals surface area contributed by atoms with E-state index in [1.165, 1.54) is 11.8 Å². The van der Waals surface area contributed by atoms with Crippen LogP contribution in [0, 0.1) is 5.92 Å². The van der Waals surface area contributed by atoms with Gasteiger partial charge in [-0.15, -0.1) is 0 Å². The molecular weight excluding hydrogens is 386 g/mol. The second-order valence-electron chi connectivity index (χ2n) is 7.16. The zero-order valence-electron chi connectivity index (χ0n) is 15.8. The van der Waals surface area contributed by atoms with Crippen LogP contribution in [0.4, 0.5) is 5.69 Å². The van der Waals surface area contributed by atoms with Crippen molar-refractivity contribution in [3.63, 3.8) is 0 Å². The fourth-order valence-electron chi connectivity index (χ4n) is 3.54. The van der Waals surface area contributed by atoms with Crippen LogP contribution in [0.5, 0.6) is 0 Å². The lowest BCUT2D eigenvalue weighted by Crippen LogP contribution is -2.41. The number of carbonyl (C=O) groups excluding carboxylic acids is 3. The third-order valence-electron chi connectivity index (χ3n) is 5.20. The van der Waals surface area contributed by atoms with Crippen molar-refractivity contribution in [2.45, 2.75) is 17.7 Å². The fourth-order valence-corrected chi connectivity index (χ4v) is 4.48. The number of nitrogens with zero attached hydrogens (tertiary/aromatic N) is 1. The third-order valence-corrected chi connectivity index (χ3v) is 6.30. The van der Waals surface area contributed by atoms with Crippen LogP contribution in [0.3, 0.4) is 0 Å². The molecule has 6 nitrogen and oxygen atoms in total. The lowest BCUT2D eigenvalue weighted by molar-refractivity contribution is -0.123. The maximum absolute atomic E-state index is 12.8. The van der Waals surface area contributed by atoms with E-state index in [9.17, 15) is 14.4 Å². The fraction of sp³-hybridized carbons (Fsp3) is 0.227. The molecule has 2 aliphatic heterocycles. The molecular formula is C22H21N3O3S. The van der Waals surface area contributed by atoms with E-state index < -0.39 is 0 Å². The van der Waals surface area contributed by atoms with E-state index >= 15 is 0 Å². The predicted molar refractivity (Wildman–Crippen MR) is 113 cm³/mol. The molecule has 29 heavy (non-hydrogen) atoms. The molecule has 0 atom stereocenters. The van der Waals surface area contributed by atoms with Gasteiger partial charge in [0.05, 0.1) is 10.6 Å². The number of anilines is 1. The Hall–Kier alpha value is -3.06. The molecule has 3 N–H and O–H groups in total. The third kappa shape index (κ3) is 4.19. The number of fused-ring (bicyclic) bond motifs is 1. The molecule has 0 aliphatic carbocycles. The summed E-state index contributed by atoms with van der Waals surface area (Å²) in [6.45, 7) is 1.02. The minimum atomic E-state index is -0.301. The second kappa shape index (κ2) is 8.13. The number of piperidine rings is 1. The molecule has 148 valence electrons. The first-order valence-electron chi connectivity index (χ1n) is 9.50. The minimum Gasteiger partial charge on any atom is -0.369 e. The highest BCUT2D eigenvalue weighted by Gasteiger charge is 2.28. The number of hydrogen-bond donors (Lipinski definition) is 2. The molecule has 7 heteroatoms. The van der Waals surface area contributed by atoms with Crippen LogP contribution >= 0.6 is 11.8 Å². The maximum atomic E-state index is 12.8. The van der Waals surface area contributed by atoms with E-state index in [0.717, 1.165) is 10.5 Å². The van der Waals surface area contributed by atoms with Gasteiger partial charge in [-0.2, -0.15) is 0 Å². The largest absolute Gasteiger partial charge is 0.369 e. The monoisotopic (exact) mass is 407 g/mol. The summed E-state index contributed by atoms with van der Waals surface area (Å²) in [4.78, 5) is 39.9. The van der Waals surface area contributed by atoms with Gasteiger partial charge in [-0.1, -0.05) is 42.1 Å². The quantitative estimate of drug-likeness (QED) is 0.765. The molecule has 0 radical (unpaired) electrons. The average Bonchev–Trinajstić information content (AvgIpc) is 2.74. The lowest BCUT2D eigenvalue weighted by Gasteiger charge is -2.31. The van der Waals surface area contributed by atoms with Crippen molar-refractivity contribution in [3.05, 3.63) is 64.6 Å². The Morgan fingerprint density at radius 2 is 1.83 bits per heavy atom. The van der Waals surface area contributed by atoms with E-state index in [4.69, 9.17) is 5.73 Å². The van der Waals surface area contributed by atoms with Crippen molar-refractivity contribution >= 4 is 41.2 Å². The van der Waals surface area contributed by atoms with Crippen molar-refractivity contribution in [2.24, 2.45) is 11.7 Å². The van der Waals surface area contributed by atoms with Gasteiger partial charge in [0.25, 0.3) is 11.8 Å². The van der Waals surface area contributed by atoms with Crippen LogP contribution in [0.25, 0.3) is 6.08 Å². The first-order chi connectivity index (χ1) is 14.0. The Labute approximate surface area is 173 Å². The first kappa shape index (κ1) is 19.3. The van der Waals surface area contributed by atoms with E-state index in [1.807, 2.05) is 42.5 Å². The molecule has 0 saturated carbocycles. The first-order valence-corrected chi connectivity index (χ1v) is 10.3. The molecule has 1 fully saturated rings. The number of rotatable bonds is 3. The highest BCUT2D eigenvalue weighted by Crippen LogP contribution is 2.39. The van der Waals surface area contributed by atoms with E-state index in [1.54, 1.807) is 17.0 Å². The number of likely N-dealkylation sites (tertiary alicyclic amines) is 1. The summed E-state index contributed by atoms with van der Waals surface area (Å²) in [5.41, 5.74) is 7.48. The maximum Gasteiger partial charge on any atom is 0.262 e. The summed E-state index contributed by atoms with van der Waals surface area (Å²) in [7, 11) is 0. The van der Waals surface area contributed by atoms with E-state index in [2.05, 4.69) is 5.32 Å². The molecule has 3 amide bonds. The highest BCUT2D eigenvalue weighted by atomic mass is 32.2. The van der Waals surface area contributed by atoms with E-state index in [0.29, 0.717) is 42.1 Å². The Morgan fingerprint density at radius 3 is 2.52 bits per heavy atom. The van der Waals surface area contributed by atoms with Gasteiger partial charge in [0, 0.05) is 29.5 Å². The van der Waals surface area contributed by atoms with Gasteiger partial charge in [-0.3, -0.25) is 14.4 Å². The van der Waals surface area contributed by atoms with E-state index in [-0.39, 0.29) is 23.6 Å². The summed E-state index contributed by atoms with van der Waals surface area (Å²) in [6, 6.07) is 15.0. The molecule has 4 rings (SSSR count). The van der Waals surface area contributed by atoms with Gasteiger partial charge < -0.3 is 16.0 Å². The minimum absolute atomic E-state index is 0.0967. The van der Waals surface area contributed by atoms with Crippen molar-refractivity contribution in [3.8, 4) is 0 Å². The molecule has 0 bridgehead atoms. The van der Waals surface area contributed by atoms with Crippen molar-refractivity contribution in [1.82, 2.24) is 4.90 Å². The second-order valence-corrected chi connectivity index (χ2v) is 8.24. The molecule has 2 aromatic rings. The van der Waals surface area contributed by atoms with Crippen molar-refractivity contribution < 1.29 is 14.4 Å². The molecule has 2 aromatic carbocycles. The van der Waals surface area contributed by atoms with Crippen LogP contribution < -0.4 is 11.1 Å². The summed E-state index contributed by atoms with van der Waals surface area (Å²) < 4.78 is 0. The van der Waals surface area contributed by atoms with Gasteiger partial charge in [-0.25, -0.2) is 0 Å². The molecule has 0 unspecified atom stereocenters. The summed E-state index contributed by atoms with van der Waals surface area (Å²) in [5, 5.41) is 2.89. The summed E-state index contributed by atoms with van der Waals surface area (Å²) >= 11 is 1.39. The van der Waals surface area contributed by atoms with Crippen LogP contribution in [0.1, 0.15) is 28.8 Å². The number of carbonyl (C=O) groups is 3. The number of benzene rings is 2. The van der Waals surface area contributed by atoms with Gasteiger partial charge in [0.2, 0.25) is 5.91 Å². The number of nitrogens with two attached hydrogens (primary N) is 1. The number of thioether (sulfide) groups is 1. The Balaban J connectivity index is 1.49. The average molecular weight is 407 g/mol. The predicted octanol–water partition coefficient (Wildman–Crippen LogP) is 3.11. The van der Waals surface area contributed by atoms with Gasteiger partial charge in [0.1, 0.15) is 0 Å². The van der Waals surface area contributed by atoms with Crippen LogP contribution in [-0.4, -0.2) is 35.7 Å². The topological polar surface area (TPSA) is 92.5 Å². The molecule has 2 heterocycles. The van der Waals surface area contributed by atoms with Gasteiger partial charge >= 0.3 is 0 Å². The smallest absolute Gasteiger partial charge is 0.262 e. The summed E-state index contributed by atoms with van der Waals surface area (Å²) in [6.07, 6.45) is 3.03.